The number of carbonyl (C=O) groups is 10. The van der Waals surface area contributed by atoms with E-state index in [2.05, 4.69) is 84.1 Å². The predicted molar refractivity (Wildman–Crippen MR) is 464 cm³/mol. The van der Waals surface area contributed by atoms with Crippen LogP contribution in [0.1, 0.15) is 142 Å². The van der Waals surface area contributed by atoms with E-state index < -0.39 is 0 Å². The van der Waals surface area contributed by atoms with Gasteiger partial charge in [-0.3, -0.25) is 4.98 Å². The monoisotopic (exact) mass is 1680 g/mol. The van der Waals surface area contributed by atoms with Crippen LogP contribution in [-0.2, 0) is 126 Å². The maximum absolute atomic E-state index is 10.3. The van der Waals surface area contributed by atoms with Gasteiger partial charge in [0.1, 0.15) is 97.7 Å². The normalized spacial score (nSPS) is 9.92. The lowest BCUT2D eigenvalue weighted by atomic mass is 10.2. The molecule has 0 aliphatic carbocycles. The number of hydrogen-bond acceptors (Lipinski definition) is 26. The van der Waals surface area contributed by atoms with Crippen molar-refractivity contribution in [3.05, 3.63) is 273 Å². The smallest absolute Gasteiger partial charge is 0.195 e. The number of carbonyl (C=O) groups excluding carboxylic acids is 10. The molecule has 0 saturated carbocycles. The van der Waals surface area contributed by atoms with Crippen molar-refractivity contribution < 1.29 is 61.2 Å². The second kappa shape index (κ2) is 60.4. The highest BCUT2D eigenvalue weighted by Gasteiger charge is 2.10. The van der Waals surface area contributed by atoms with Crippen LogP contribution in [0.5, 0.6) is 0 Å². The first-order chi connectivity index (χ1) is 58.6. The van der Waals surface area contributed by atoms with Gasteiger partial charge in [0, 0.05) is 194 Å². The standard InChI is InChI=1S/C13H14N2O.C12H12N2O.C12H11NO2.C12H11NOS.C8H12N2O.C7H10N2O.C7H9NO2.C7H9NOS.C6H7NO2.C6H7NOS/c1-15-12(11-6-3-2-4-7-11)10-14-13(15)8-5-9-16;15-8-4-7-12-13-9-11(14-12)10-5-2-1-3-6-10;2*14-8-4-7-12-13-9-11(15-12)10-5-2-1-3-6-10;1-7-6-9-8(10(7)2)4-3-5-11;1-6-5-8-7(9-6)3-2-4-10;2*1-6-5-8-7(10-6)3-2-4-9;2*8-3-1-2-6-4-7-5-9-6/h2-4,6-7,9-10H,5,8H2,1H3;1-3,5-6,8-9H,4,7H2,(H,13,14);2*1-3,5-6,8-9H,4,7H2;5-6H,3-4H2,1-2H3;4-5H,2-3H2,1H3,(H,8,9);2*4-5H,2-3H2,1H3;2*3-5H,1-2H2. The Labute approximate surface area is 710 Å². The molecule has 0 saturated heterocycles. The number of aryl methyl sites for hydroxylation is 14. The van der Waals surface area contributed by atoms with Crippen LogP contribution in [0.15, 0.2) is 208 Å². The molecule has 10 heterocycles. The number of thiazole rings is 3. The minimum atomic E-state index is 0.453. The van der Waals surface area contributed by atoms with Crippen LogP contribution in [0.25, 0.3) is 44.3 Å². The third-order valence-electron chi connectivity index (χ3n) is 16.4. The molecule has 30 heteroatoms. The van der Waals surface area contributed by atoms with Crippen LogP contribution < -0.4 is 0 Å². The number of benzene rings is 4. The average Bonchev–Trinajstić information content (AvgIpc) is 1.69. The molecule has 0 aliphatic heterocycles. The summed E-state index contributed by atoms with van der Waals surface area (Å²) in [7, 11) is 3.94. The lowest BCUT2D eigenvalue weighted by molar-refractivity contribution is -0.108. The van der Waals surface area contributed by atoms with E-state index in [9.17, 15) is 47.9 Å². The summed E-state index contributed by atoms with van der Waals surface area (Å²) < 4.78 is 19.5. The molecule has 0 bridgehead atoms. The maximum Gasteiger partial charge on any atom is 0.195 e. The van der Waals surface area contributed by atoms with Crippen molar-refractivity contribution in [3.8, 4) is 44.3 Å². The summed E-state index contributed by atoms with van der Waals surface area (Å²) in [5.41, 5.74) is 10.5. The zero-order chi connectivity index (χ0) is 86.4. The summed E-state index contributed by atoms with van der Waals surface area (Å²) >= 11 is 4.91. The van der Waals surface area contributed by atoms with Gasteiger partial charge in [-0.2, -0.15) is 0 Å². The van der Waals surface area contributed by atoms with E-state index in [0.717, 1.165) is 190 Å². The molecule has 2 N–H and O–H groups in total. The number of imidazole rings is 4. The molecule has 0 aliphatic rings. The number of hydrogen-bond donors (Lipinski definition) is 2. The Hall–Kier alpha value is -13.1. The molecular formula is C90H102N14O13S3. The van der Waals surface area contributed by atoms with Crippen molar-refractivity contribution in [1.29, 1.82) is 0 Å². The topological polar surface area (TPSA) is 380 Å². The Kier molecular flexibility index (Phi) is 49.1. The number of nitrogens with zero attached hydrogens (tertiary/aromatic N) is 12. The summed E-state index contributed by atoms with van der Waals surface area (Å²) in [4.78, 5) is 151. The van der Waals surface area contributed by atoms with Crippen LogP contribution in [0, 0.1) is 27.7 Å². The van der Waals surface area contributed by atoms with Crippen molar-refractivity contribution in [2.45, 2.75) is 156 Å². The van der Waals surface area contributed by atoms with Crippen molar-refractivity contribution in [1.82, 2.24) is 68.9 Å². The second-order valence-electron chi connectivity index (χ2n) is 25.7. The third kappa shape index (κ3) is 39.7. The van der Waals surface area contributed by atoms with Crippen LogP contribution in [0.2, 0.25) is 0 Å². The van der Waals surface area contributed by atoms with Crippen molar-refractivity contribution >= 4 is 96.9 Å². The first-order valence-electron chi connectivity index (χ1n) is 38.7. The number of aromatic amines is 2. The van der Waals surface area contributed by atoms with Gasteiger partial charge in [-0.25, -0.2) is 44.9 Å². The van der Waals surface area contributed by atoms with Gasteiger partial charge in [0.2, 0.25) is 0 Å². The van der Waals surface area contributed by atoms with Crippen molar-refractivity contribution in [2.75, 3.05) is 0 Å². The van der Waals surface area contributed by atoms with Gasteiger partial charge in [-0.05, 0) is 50.8 Å². The number of oxazole rings is 3. The third-order valence-corrected chi connectivity index (χ3v) is 19.3. The van der Waals surface area contributed by atoms with E-state index in [1.165, 1.54) is 21.7 Å². The molecule has 0 radical (unpaired) electrons. The second-order valence-corrected chi connectivity index (χ2v) is 29.1. The Bertz CT molecular complexity index is 4730. The van der Waals surface area contributed by atoms with Crippen molar-refractivity contribution in [2.24, 2.45) is 14.1 Å². The quantitative estimate of drug-likeness (QED) is 0.0354. The van der Waals surface area contributed by atoms with Gasteiger partial charge < -0.3 is 80.3 Å². The van der Waals surface area contributed by atoms with Gasteiger partial charge in [0.05, 0.1) is 62.8 Å². The maximum atomic E-state index is 10.3. The van der Waals surface area contributed by atoms with Crippen LogP contribution in [0.4, 0.5) is 0 Å². The SMILES string of the molecule is Cc1cnc(CCC=O)[nH]1.Cc1cnc(CCC=O)n1C.Cc1cnc(CCC=O)o1.Cc1cnc(CCC=O)s1.Cn1c(-c2ccccc2)cnc1CCC=O.O=CCCc1cnco1.O=CCCc1cncs1.O=CCCc1ncc(-c2ccccc2)[nH]1.O=CCCc1ncc(-c2ccccc2)o1.O=CCCc1ncc(-c2ccccc2)s1. The minimum Gasteiger partial charge on any atom is -0.449 e. The van der Waals surface area contributed by atoms with E-state index in [-0.39, 0.29) is 0 Å². The fourth-order valence-electron chi connectivity index (χ4n) is 10.2. The van der Waals surface area contributed by atoms with E-state index in [1.54, 1.807) is 76.7 Å². The first kappa shape index (κ1) is 97.5. The molecule has 0 amide bonds. The molecule has 14 aromatic rings. The molecule has 10 aromatic heterocycles. The van der Waals surface area contributed by atoms with E-state index in [1.807, 2.05) is 173 Å². The molecule has 628 valence electrons. The molecule has 120 heavy (non-hydrogen) atoms. The largest absolute Gasteiger partial charge is 0.449 e. The number of H-pyrrole nitrogens is 2. The predicted octanol–water partition coefficient (Wildman–Crippen LogP) is 16.3. The van der Waals surface area contributed by atoms with E-state index >= 15 is 0 Å². The Morgan fingerprint density at radius 3 is 1.35 bits per heavy atom. The van der Waals surface area contributed by atoms with Crippen LogP contribution in [-0.4, -0.2) is 132 Å². The number of nitrogens with one attached hydrogen (secondary N) is 2. The summed E-state index contributed by atoms with van der Waals surface area (Å²) in [6.07, 6.45) is 40.5. The summed E-state index contributed by atoms with van der Waals surface area (Å²) in [5.74, 6) is 7.25. The zero-order valence-electron chi connectivity index (χ0n) is 68.3. The highest BCUT2D eigenvalue weighted by atomic mass is 32.1. The Balaban J connectivity index is 0.000000239. The minimum absolute atomic E-state index is 0.453. The van der Waals surface area contributed by atoms with Gasteiger partial charge >= 0.3 is 0 Å². The summed E-state index contributed by atoms with van der Waals surface area (Å²) in [6.45, 7) is 7.79. The highest BCUT2D eigenvalue weighted by molar-refractivity contribution is 7.15. The molecule has 27 nitrogen and oxygen atoms in total. The van der Waals surface area contributed by atoms with Crippen molar-refractivity contribution in [3.63, 3.8) is 0 Å². The molecular weight excluding hydrogens is 1580 g/mol. The molecule has 0 spiro atoms. The Morgan fingerprint density at radius 1 is 0.375 bits per heavy atom. The molecule has 0 unspecified atom stereocenters. The van der Waals surface area contributed by atoms with Gasteiger partial charge in [-0.15, -0.1) is 34.0 Å². The summed E-state index contributed by atoms with van der Waals surface area (Å²) in [6, 6.07) is 40.1. The first-order valence-corrected chi connectivity index (χ1v) is 41.2. The number of aromatic nitrogens is 14. The lowest BCUT2D eigenvalue weighted by Gasteiger charge is -2.04. The fraction of sp³-hybridized carbons (Fsp3) is 0.289. The molecule has 4 aromatic carbocycles. The molecule has 0 atom stereocenters. The average molecular weight is 1680 g/mol. The number of rotatable bonds is 34. The molecule has 14 rings (SSSR count). The van der Waals surface area contributed by atoms with Crippen LogP contribution >= 0.6 is 34.0 Å². The molecule has 0 fully saturated rings. The van der Waals surface area contributed by atoms with E-state index in [4.69, 9.17) is 13.3 Å². The zero-order valence-corrected chi connectivity index (χ0v) is 70.7. The van der Waals surface area contributed by atoms with Gasteiger partial charge in [0.25, 0.3) is 0 Å². The lowest BCUT2D eigenvalue weighted by Crippen LogP contribution is -2.00. The Morgan fingerprint density at radius 2 is 0.850 bits per heavy atom. The van der Waals surface area contributed by atoms with Gasteiger partial charge in [-0.1, -0.05) is 121 Å². The summed E-state index contributed by atoms with van der Waals surface area (Å²) in [5, 5.41) is 2.09. The van der Waals surface area contributed by atoms with Crippen LogP contribution in [0.3, 0.4) is 0 Å². The highest BCUT2D eigenvalue weighted by Crippen LogP contribution is 2.27. The van der Waals surface area contributed by atoms with Gasteiger partial charge in [0.15, 0.2) is 23.9 Å². The number of aldehydes is 10. The fourth-order valence-corrected chi connectivity index (χ4v) is 12.5. The van der Waals surface area contributed by atoms with E-state index in [0.29, 0.717) is 108 Å².